The lowest BCUT2D eigenvalue weighted by molar-refractivity contribution is 0.208. The zero-order valence-electron chi connectivity index (χ0n) is 16.6. The molecule has 5 nitrogen and oxygen atoms in total. The molecule has 1 fully saturated rings. The van der Waals surface area contributed by atoms with Crippen molar-refractivity contribution in [3.8, 4) is 0 Å². The van der Waals surface area contributed by atoms with E-state index in [4.69, 9.17) is 0 Å². The van der Waals surface area contributed by atoms with Crippen molar-refractivity contribution in [2.24, 2.45) is 0 Å². The average molecular weight is 367 g/mol. The molecule has 0 spiro atoms. The predicted octanol–water partition coefficient (Wildman–Crippen LogP) is 4.20. The molecule has 0 atom stereocenters. The monoisotopic (exact) mass is 366 g/mol. The smallest absolute Gasteiger partial charge is 0.321 e. The number of hydrogen-bond donors (Lipinski definition) is 1. The van der Waals surface area contributed by atoms with Gasteiger partial charge in [-0.2, -0.15) is 0 Å². The van der Waals surface area contributed by atoms with Crippen LogP contribution in [-0.4, -0.2) is 50.2 Å². The molecule has 1 N–H and O–H groups in total. The number of amides is 2. The number of carbonyl (C=O) groups is 1. The molecule has 1 aliphatic heterocycles. The van der Waals surface area contributed by atoms with Gasteiger partial charge >= 0.3 is 6.03 Å². The van der Waals surface area contributed by atoms with Crippen LogP contribution in [0.15, 0.2) is 48.5 Å². The second kappa shape index (κ2) is 8.80. The normalized spacial score (nSPS) is 14.2. The van der Waals surface area contributed by atoms with E-state index in [0.29, 0.717) is 0 Å². The number of nitrogens with zero attached hydrogens (tertiary/aromatic N) is 3. The maximum absolute atomic E-state index is 12.5. The summed E-state index contributed by atoms with van der Waals surface area (Å²) in [5.74, 6) is 0. The Kier molecular flexibility index (Phi) is 6.22. The van der Waals surface area contributed by atoms with E-state index in [1.54, 1.807) is 0 Å². The number of aryl methyl sites for hydroxylation is 1. The minimum atomic E-state index is -0.0131. The predicted molar refractivity (Wildman–Crippen MR) is 114 cm³/mol. The van der Waals surface area contributed by atoms with Crippen LogP contribution in [0.1, 0.15) is 19.4 Å². The van der Waals surface area contributed by atoms with Crippen molar-refractivity contribution in [1.29, 1.82) is 0 Å². The summed E-state index contributed by atoms with van der Waals surface area (Å²) < 4.78 is 0. The Hall–Kier alpha value is -2.69. The highest BCUT2D eigenvalue weighted by Crippen LogP contribution is 2.22. The first-order chi connectivity index (χ1) is 13.1. The van der Waals surface area contributed by atoms with Crippen LogP contribution >= 0.6 is 0 Å². The van der Waals surface area contributed by atoms with Crippen molar-refractivity contribution in [1.82, 2.24) is 4.90 Å². The number of nitrogens with one attached hydrogen (secondary N) is 1. The summed E-state index contributed by atoms with van der Waals surface area (Å²) >= 11 is 0. The molecule has 1 aliphatic rings. The molecule has 1 heterocycles. The van der Waals surface area contributed by atoms with Crippen molar-refractivity contribution in [2.75, 3.05) is 54.4 Å². The third kappa shape index (κ3) is 4.54. The van der Waals surface area contributed by atoms with Crippen molar-refractivity contribution in [3.05, 3.63) is 54.1 Å². The van der Waals surface area contributed by atoms with E-state index in [9.17, 15) is 4.79 Å². The summed E-state index contributed by atoms with van der Waals surface area (Å²) in [5.41, 5.74) is 4.46. The third-order valence-corrected chi connectivity index (χ3v) is 5.30. The van der Waals surface area contributed by atoms with E-state index in [1.165, 1.54) is 11.4 Å². The molecule has 0 saturated carbocycles. The Morgan fingerprint density at radius 2 is 1.59 bits per heavy atom. The lowest BCUT2D eigenvalue weighted by Crippen LogP contribution is -2.50. The number of para-hydroxylation sites is 1. The first-order valence-corrected chi connectivity index (χ1v) is 9.84. The Morgan fingerprint density at radius 3 is 2.19 bits per heavy atom. The van der Waals surface area contributed by atoms with Gasteiger partial charge in [0.25, 0.3) is 0 Å². The maximum Gasteiger partial charge on any atom is 0.321 e. The lowest BCUT2D eigenvalue weighted by Gasteiger charge is -2.36. The maximum atomic E-state index is 12.5. The Bertz CT molecular complexity index is 747. The summed E-state index contributed by atoms with van der Waals surface area (Å²) in [6.07, 6.45) is 0. The summed E-state index contributed by atoms with van der Waals surface area (Å²) in [5, 5.41) is 3.03. The first kappa shape index (κ1) is 19.1. The second-order valence-electron chi connectivity index (χ2n) is 6.91. The van der Waals surface area contributed by atoms with Crippen molar-refractivity contribution in [2.45, 2.75) is 20.8 Å². The van der Waals surface area contributed by atoms with Gasteiger partial charge in [0.05, 0.1) is 0 Å². The molecule has 0 aromatic heterocycles. The molecule has 0 bridgehead atoms. The van der Waals surface area contributed by atoms with Crippen LogP contribution in [-0.2, 0) is 0 Å². The van der Waals surface area contributed by atoms with Crippen LogP contribution in [0.5, 0.6) is 0 Å². The van der Waals surface area contributed by atoms with E-state index < -0.39 is 0 Å². The van der Waals surface area contributed by atoms with E-state index in [2.05, 4.69) is 53.2 Å². The van der Waals surface area contributed by atoms with Crippen LogP contribution in [0.4, 0.5) is 21.9 Å². The van der Waals surface area contributed by atoms with Gasteiger partial charge in [-0.1, -0.05) is 18.2 Å². The number of hydrogen-bond acceptors (Lipinski definition) is 3. The van der Waals surface area contributed by atoms with Gasteiger partial charge < -0.3 is 20.0 Å². The standard InChI is InChI=1S/C22H30N4O/c1-4-24(5-2)19-10-12-20(13-11-19)25-14-16-26(17-15-25)22(27)23-21-9-7-6-8-18(21)3/h6-13H,4-5,14-17H2,1-3H3,(H,23,27). The van der Waals surface area contributed by atoms with Crippen molar-refractivity contribution < 1.29 is 4.79 Å². The zero-order valence-corrected chi connectivity index (χ0v) is 16.6. The highest BCUT2D eigenvalue weighted by molar-refractivity contribution is 5.90. The zero-order chi connectivity index (χ0) is 19.2. The molecule has 2 aromatic rings. The molecule has 0 radical (unpaired) electrons. The quantitative estimate of drug-likeness (QED) is 0.862. The molecular weight excluding hydrogens is 336 g/mol. The van der Waals surface area contributed by atoms with Crippen LogP contribution in [0, 0.1) is 6.92 Å². The van der Waals surface area contributed by atoms with E-state index in [0.717, 1.165) is 50.5 Å². The number of benzene rings is 2. The minimum absolute atomic E-state index is 0.0131. The molecule has 5 heteroatoms. The Balaban J connectivity index is 1.55. The number of urea groups is 1. The van der Waals surface area contributed by atoms with Gasteiger partial charge in [0.2, 0.25) is 0 Å². The molecule has 3 rings (SSSR count). The van der Waals surface area contributed by atoms with Gasteiger partial charge in [-0.05, 0) is 56.7 Å². The van der Waals surface area contributed by atoms with Gasteiger partial charge in [0.15, 0.2) is 0 Å². The number of rotatable bonds is 5. The van der Waals surface area contributed by atoms with Crippen LogP contribution in [0.2, 0.25) is 0 Å². The highest BCUT2D eigenvalue weighted by Gasteiger charge is 2.21. The fourth-order valence-corrected chi connectivity index (χ4v) is 3.54. The topological polar surface area (TPSA) is 38.8 Å². The summed E-state index contributed by atoms with van der Waals surface area (Å²) in [4.78, 5) is 19.1. The van der Waals surface area contributed by atoms with Crippen LogP contribution < -0.4 is 15.1 Å². The summed E-state index contributed by atoms with van der Waals surface area (Å²) in [7, 11) is 0. The van der Waals surface area contributed by atoms with Gasteiger partial charge in [-0.3, -0.25) is 0 Å². The van der Waals surface area contributed by atoms with E-state index in [-0.39, 0.29) is 6.03 Å². The van der Waals surface area contributed by atoms with Crippen LogP contribution in [0.3, 0.4) is 0 Å². The molecule has 27 heavy (non-hydrogen) atoms. The van der Waals surface area contributed by atoms with E-state index >= 15 is 0 Å². The molecule has 144 valence electrons. The van der Waals surface area contributed by atoms with Gasteiger partial charge in [0.1, 0.15) is 0 Å². The lowest BCUT2D eigenvalue weighted by atomic mass is 10.2. The summed E-state index contributed by atoms with van der Waals surface area (Å²) in [6.45, 7) is 11.6. The molecule has 1 saturated heterocycles. The Labute approximate surface area is 162 Å². The van der Waals surface area contributed by atoms with Gasteiger partial charge in [-0.25, -0.2) is 4.79 Å². The molecule has 0 unspecified atom stereocenters. The Morgan fingerprint density at radius 1 is 0.963 bits per heavy atom. The largest absolute Gasteiger partial charge is 0.372 e. The highest BCUT2D eigenvalue weighted by atomic mass is 16.2. The van der Waals surface area contributed by atoms with Crippen LogP contribution in [0.25, 0.3) is 0 Å². The van der Waals surface area contributed by atoms with E-state index in [1.807, 2.05) is 36.1 Å². The molecule has 2 amide bonds. The van der Waals surface area contributed by atoms with Crippen molar-refractivity contribution >= 4 is 23.1 Å². The second-order valence-corrected chi connectivity index (χ2v) is 6.91. The third-order valence-electron chi connectivity index (χ3n) is 5.30. The number of anilines is 3. The SMILES string of the molecule is CCN(CC)c1ccc(N2CCN(C(=O)Nc3ccccc3C)CC2)cc1. The number of carbonyl (C=O) groups excluding carboxylic acids is 1. The first-order valence-electron chi connectivity index (χ1n) is 9.84. The fraction of sp³-hybridized carbons (Fsp3) is 0.409. The van der Waals surface area contributed by atoms with Crippen molar-refractivity contribution in [3.63, 3.8) is 0 Å². The molecule has 0 aliphatic carbocycles. The summed E-state index contributed by atoms with van der Waals surface area (Å²) in [6, 6.07) is 16.6. The minimum Gasteiger partial charge on any atom is -0.372 e. The fourth-order valence-electron chi connectivity index (χ4n) is 3.54. The van der Waals surface area contributed by atoms with Gasteiger partial charge in [-0.15, -0.1) is 0 Å². The molecule has 2 aromatic carbocycles. The van der Waals surface area contributed by atoms with Gasteiger partial charge in [0, 0.05) is 56.3 Å². The molecular formula is C22H30N4O. The average Bonchev–Trinajstić information content (AvgIpc) is 2.71. The number of piperazine rings is 1.